The maximum Gasteiger partial charge on any atom is 0.241 e. The number of nitrogens with zero attached hydrogens (tertiary/aromatic N) is 3. The van der Waals surface area contributed by atoms with E-state index in [1.54, 1.807) is 25.3 Å². The number of rotatable bonds is 5. The molecule has 1 fully saturated rings. The average Bonchev–Trinajstić information content (AvgIpc) is 2.63. The van der Waals surface area contributed by atoms with Gasteiger partial charge in [0.05, 0.1) is 24.7 Å². The summed E-state index contributed by atoms with van der Waals surface area (Å²) in [4.78, 5) is 10.8. The number of hydrogen-bond acceptors (Lipinski definition) is 6. The molecule has 1 N–H and O–H groups in total. The summed E-state index contributed by atoms with van der Waals surface area (Å²) in [6.45, 7) is 4.49. The van der Waals surface area contributed by atoms with Gasteiger partial charge in [-0.25, -0.2) is 23.1 Å². The molecule has 9 heteroatoms. The summed E-state index contributed by atoms with van der Waals surface area (Å²) < 4.78 is 32.9. The molecule has 0 atom stereocenters. The second-order valence-electron chi connectivity index (χ2n) is 5.62. The van der Waals surface area contributed by atoms with Crippen molar-refractivity contribution in [2.45, 2.75) is 18.4 Å². The molecule has 2 aromatic rings. The largest absolute Gasteiger partial charge is 0.378 e. The lowest BCUT2D eigenvalue weighted by Gasteiger charge is -2.27. The fourth-order valence-electron chi connectivity index (χ4n) is 2.56. The summed E-state index contributed by atoms with van der Waals surface area (Å²) in [5.74, 6) is 1.18. The van der Waals surface area contributed by atoms with Crippen LogP contribution in [-0.4, -0.2) is 44.7 Å². The van der Waals surface area contributed by atoms with E-state index < -0.39 is 10.0 Å². The third-order valence-electron chi connectivity index (χ3n) is 3.95. The molecule has 0 aliphatic carbocycles. The molecule has 0 amide bonds. The van der Waals surface area contributed by atoms with Crippen molar-refractivity contribution < 1.29 is 13.2 Å². The highest BCUT2D eigenvalue weighted by Gasteiger charge is 2.19. The SMILES string of the molecule is Cc1c(Cl)cccc1S(=O)(=O)NCc1nccc(N2CCOCC2)n1. The summed E-state index contributed by atoms with van der Waals surface area (Å²) in [7, 11) is -3.70. The van der Waals surface area contributed by atoms with Crippen LogP contribution in [0.5, 0.6) is 0 Å². The van der Waals surface area contributed by atoms with Crippen molar-refractivity contribution in [3.8, 4) is 0 Å². The molecule has 1 aliphatic heterocycles. The highest BCUT2D eigenvalue weighted by molar-refractivity contribution is 7.89. The maximum absolute atomic E-state index is 12.5. The highest BCUT2D eigenvalue weighted by Crippen LogP contribution is 2.22. The van der Waals surface area contributed by atoms with Gasteiger partial charge in [0.25, 0.3) is 0 Å². The van der Waals surface area contributed by atoms with E-state index in [4.69, 9.17) is 16.3 Å². The fraction of sp³-hybridized carbons (Fsp3) is 0.375. The van der Waals surface area contributed by atoms with Crippen LogP contribution in [0, 0.1) is 6.92 Å². The molecule has 1 aliphatic rings. The summed E-state index contributed by atoms with van der Waals surface area (Å²) in [5, 5.41) is 0.411. The van der Waals surface area contributed by atoms with Crippen LogP contribution in [0.1, 0.15) is 11.4 Å². The van der Waals surface area contributed by atoms with Crippen molar-refractivity contribution in [2.75, 3.05) is 31.2 Å². The number of morpholine rings is 1. The Labute approximate surface area is 152 Å². The van der Waals surface area contributed by atoms with Crippen LogP contribution in [0.3, 0.4) is 0 Å². The van der Waals surface area contributed by atoms with Gasteiger partial charge in [-0.2, -0.15) is 0 Å². The van der Waals surface area contributed by atoms with Crippen LogP contribution in [0.4, 0.5) is 5.82 Å². The normalized spacial score (nSPS) is 15.4. The minimum atomic E-state index is -3.70. The Morgan fingerprint density at radius 1 is 1.28 bits per heavy atom. The van der Waals surface area contributed by atoms with E-state index in [0.29, 0.717) is 29.6 Å². The molecule has 7 nitrogen and oxygen atoms in total. The average molecular weight is 383 g/mol. The van der Waals surface area contributed by atoms with E-state index >= 15 is 0 Å². The molecule has 0 bridgehead atoms. The standard InChI is InChI=1S/C16H19ClN4O3S/c1-12-13(17)3-2-4-14(12)25(22,23)19-11-15-18-6-5-16(20-15)21-7-9-24-10-8-21/h2-6,19H,7-11H2,1H3. The third-order valence-corrected chi connectivity index (χ3v) is 5.91. The zero-order valence-corrected chi connectivity index (χ0v) is 15.3. The lowest BCUT2D eigenvalue weighted by molar-refractivity contribution is 0.122. The zero-order chi connectivity index (χ0) is 17.9. The number of halogens is 1. The van der Waals surface area contributed by atoms with Gasteiger partial charge in [0.2, 0.25) is 10.0 Å². The molecule has 134 valence electrons. The van der Waals surface area contributed by atoms with Gasteiger partial charge in [0.1, 0.15) is 11.6 Å². The third kappa shape index (κ3) is 4.27. The lowest BCUT2D eigenvalue weighted by atomic mass is 10.2. The lowest BCUT2D eigenvalue weighted by Crippen LogP contribution is -2.37. The minimum absolute atomic E-state index is 0.00642. The predicted octanol–water partition coefficient (Wildman–Crippen LogP) is 1.75. The van der Waals surface area contributed by atoms with Crippen molar-refractivity contribution in [3.05, 3.63) is 46.9 Å². The number of hydrogen-bond donors (Lipinski definition) is 1. The smallest absolute Gasteiger partial charge is 0.241 e. The number of anilines is 1. The van der Waals surface area contributed by atoms with Crippen LogP contribution in [-0.2, 0) is 21.3 Å². The van der Waals surface area contributed by atoms with E-state index in [1.165, 1.54) is 6.07 Å². The van der Waals surface area contributed by atoms with Crippen molar-refractivity contribution in [1.82, 2.24) is 14.7 Å². The summed E-state index contributed by atoms with van der Waals surface area (Å²) in [6.07, 6.45) is 1.63. The van der Waals surface area contributed by atoms with Gasteiger partial charge in [0.15, 0.2) is 0 Å². The predicted molar refractivity (Wildman–Crippen MR) is 95.3 cm³/mol. The molecule has 0 unspecified atom stereocenters. The van der Waals surface area contributed by atoms with Crippen molar-refractivity contribution in [3.63, 3.8) is 0 Å². The first-order chi connectivity index (χ1) is 12.0. The van der Waals surface area contributed by atoms with Gasteiger partial charge >= 0.3 is 0 Å². The van der Waals surface area contributed by atoms with Gasteiger partial charge in [-0.05, 0) is 30.7 Å². The second kappa shape index (κ2) is 7.65. The van der Waals surface area contributed by atoms with Crippen LogP contribution in [0.15, 0.2) is 35.4 Å². The van der Waals surface area contributed by atoms with Crippen molar-refractivity contribution in [1.29, 1.82) is 0 Å². The molecule has 3 rings (SSSR count). The van der Waals surface area contributed by atoms with E-state index in [9.17, 15) is 8.42 Å². The molecule has 0 spiro atoms. The molecular weight excluding hydrogens is 364 g/mol. The second-order valence-corrected chi connectivity index (χ2v) is 7.76. The topological polar surface area (TPSA) is 84.4 Å². The molecule has 1 saturated heterocycles. The van der Waals surface area contributed by atoms with E-state index in [2.05, 4.69) is 19.6 Å². The number of sulfonamides is 1. The number of nitrogens with one attached hydrogen (secondary N) is 1. The van der Waals surface area contributed by atoms with Crippen LogP contribution >= 0.6 is 11.6 Å². The van der Waals surface area contributed by atoms with Crippen LogP contribution in [0.2, 0.25) is 5.02 Å². The molecule has 25 heavy (non-hydrogen) atoms. The Morgan fingerprint density at radius 2 is 2.04 bits per heavy atom. The van der Waals surface area contributed by atoms with E-state index in [-0.39, 0.29) is 11.4 Å². The summed E-state index contributed by atoms with van der Waals surface area (Å²) >= 11 is 6.01. The Morgan fingerprint density at radius 3 is 2.80 bits per heavy atom. The van der Waals surface area contributed by atoms with Crippen LogP contribution in [0.25, 0.3) is 0 Å². The first-order valence-electron chi connectivity index (χ1n) is 7.87. The molecule has 1 aromatic carbocycles. The van der Waals surface area contributed by atoms with Gasteiger partial charge in [-0.15, -0.1) is 0 Å². The number of ether oxygens (including phenoxy) is 1. The molecule has 0 radical (unpaired) electrons. The van der Waals surface area contributed by atoms with E-state index in [1.807, 2.05) is 6.07 Å². The molecular formula is C16H19ClN4O3S. The molecule has 2 heterocycles. The minimum Gasteiger partial charge on any atom is -0.378 e. The van der Waals surface area contributed by atoms with Gasteiger partial charge in [0, 0.05) is 24.3 Å². The zero-order valence-electron chi connectivity index (χ0n) is 13.8. The van der Waals surface area contributed by atoms with Gasteiger partial charge in [-0.1, -0.05) is 17.7 Å². The Hall–Kier alpha value is -1.74. The summed E-state index contributed by atoms with van der Waals surface area (Å²) in [6, 6.07) is 6.60. The fourth-order valence-corrected chi connectivity index (χ4v) is 4.03. The van der Waals surface area contributed by atoms with Gasteiger partial charge in [-0.3, -0.25) is 0 Å². The molecule has 1 aromatic heterocycles. The molecule has 0 saturated carbocycles. The number of benzene rings is 1. The first kappa shape index (κ1) is 18.1. The van der Waals surface area contributed by atoms with Gasteiger partial charge < -0.3 is 9.64 Å². The Bertz CT molecular complexity index is 854. The maximum atomic E-state index is 12.5. The van der Waals surface area contributed by atoms with Crippen LogP contribution < -0.4 is 9.62 Å². The number of aromatic nitrogens is 2. The first-order valence-corrected chi connectivity index (χ1v) is 9.73. The summed E-state index contributed by atoms with van der Waals surface area (Å²) in [5.41, 5.74) is 0.514. The van der Waals surface area contributed by atoms with Crippen molar-refractivity contribution >= 4 is 27.4 Å². The Kier molecular flexibility index (Phi) is 5.53. The van der Waals surface area contributed by atoms with Crippen molar-refractivity contribution in [2.24, 2.45) is 0 Å². The quantitative estimate of drug-likeness (QED) is 0.848. The van der Waals surface area contributed by atoms with E-state index in [0.717, 1.165) is 18.9 Å². The Balaban J connectivity index is 1.73. The monoisotopic (exact) mass is 382 g/mol. The highest BCUT2D eigenvalue weighted by atomic mass is 35.5.